The van der Waals surface area contributed by atoms with Crippen molar-refractivity contribution in [2.45, 2.75) is 38.1 Å². The summed E-state index contributed by atoms with van der Waals surface area (Å²) in [6, 6.07) is 6.57. The Bertz CT molecular complexity index is 1340. The Morgan fingerprint density at radius 1 is 1.00 bits per heavy atom. The van der Waals surface area contributed by atoms with Gasteiger partial charge < -0.3 is 20.2 Å². The number of anilines is 1. The molecule has 1 saturated heterocycles. The SMILES string of the molecule is CC(O)C1CN(S(=O)(=O)C=Cc2ccc(Cl)cc2O)CC(C(C)O)N1c1ncc(-c2ccncc2)cn1. The summed E-state index contributed by atoms with van der Waals surface area (Å²) in [4.78, 5) is 14.6. The van der Waals surface area contributed by atoms with Gasteiger partial charge in [-0.15, -0.1) is 0 Å². The number of sulfonamides is 1. The van der Waals surface area contributed by atoms with Gasteiger partial charge in [0.1, 0.15) is 5.75 Å². The van der Waals surface area contributed by atoms with Gasteiger partial charge in [0.05, 0.1) is 24.3 Å². The highest BCUT2D eigenvalue weighted by atomic mass is 35.5. The number of pyridine rings is 1. The molecule has 4 atom stereocenters. The summed E-state index contributed by atoms with van der Waals surface area (Å²) in [6.45, 7) is 2.99. The van der Waals surface area contributed by atoms with Crippen molar-refractivity contribution >= 4 is 33.6 Å². The van der Waals surface area contributed by atoms with Crippen molar-refractivity contribution in [1.29, 1.82) is 0 Å². The lowest BCUT2D eigenvalue weighted by Crippen LogP contribution is -2.66. The highest BCUT2D eigenvalue weighted by Gasteiger charge is 2.43. The first-order valence-corrected chi connectivity index (χ1v) is 13.5. The number of benzene rings is 1. The van der Waals surface area contributed by atoms with Crippen LogP contribution in [0.4, 0.5) is 5.95 Å². The molecule has 1 aliphatic heterocycles. The number of hydrogen-bond donors (Lipinski definition) is 3. The molecule has 1 aromatic carbocycles. The third-order valence-electron chi connectivity index (χ3n) is 6.26. The van der Waals surface area contributed by atoms with Crippen LogP contribution < -0.4 is 4.90 Å². The summed E-state index contributed by atoms with van der Waals surface area (Å²) >= 11 is 5.85. The second-order valence-electron chi connectivity index (χ2n) is 8.90. The van der Waals surface area contributed by atoms with E-state index in [0.29, 0.717) is 5.02 Å². The second-order valence-corrected chi connectivity index (χ2v) is 11.2. The zero-order valence-corrected chi connectivity index (χ0v) is 21.8. The number of nitrogens with zero attached hydrogens (tertiary/aromatic N) is 5. The van der Waals surface area contributed by atoms with Crippen LogP contribution in [0.2, 0.25) is 5.02 Å². The van der Waals surface area contributed by atoms with Gasteiger partial charge in [0.25, 0.3) is 0 Å². The summed E-state index contributed by atoms with van der Waals surface area (Å²) in [5.74, 6) is 0.119. The molecule has 12 heteroatoms. The van der Waals surface area contributed by atoms with Gasteiger partial charge in [-0.05, 0) is 55.8 Å². The highest BCUT2D eigenvalue weighted by Crippen LogP contribution is 2.29. The predicted molar refractivity (Wildman–Crippen MR) is 141 cm³/mol. The molecule has 0 bridgehead atoms. The minimum atomic E-state index is -3.98. The van der Waals surface area contributed by atoms with Gasteiger partial charge in [-0.1, -0.05) is 11.6 Å². The van der Waals surface area contributed by atoms with Crippen molar-refractivity contribution in [3.8, 4) is 16.9 Å². The molecule has 0 amide bonds. The molecule has 0 saturated carbocycles. The van der Waals surface area contributed by atoms with Crippen LogP contribution in [0, 0.1) is 0 Å². The first kappa shape index (κ1) is 27.0. The molecule has 1 aliphatic rings. The summed E-state index contributed by atoms with van der Waals surface area (Å²) in [7, 11) is -3.98. The van der Waals surface area contributed by atoms with E-state index in [0.717, 1.165) is 16.5 Å². The molecule has 3 heterocycles. The zero-order valence-electron chi connectivity index (χ0n) is 20.3. The van der Waals surface area contributed by atoms with E-state index in [-0.39, 0.29) is 30.4 Å². The smallest absolute Gasteiger partial charge is 0.236 e. The third kappa shape index (κ3) is 6.08. The number of phenols is 1. The van der Waals surface area contributed by atoms with Gasteiger partial charge in [0.2, 0.25) is 16.0 Å². The summed E-state index contributed by atoms with van der Waals surface area (Å²) in [6.07, 6.45) is 5.96. The first-order chi connectivity index (χ1) is 17.6. The zero-order chi connectivity index (χ0) is 26.7. The Morgan fingerprint density at radius 2 is 1.59 bits per heavy atom. The fourth-order valence-electron chi connectivity index (χ4n) is 4.24. The van der Waals surface area contributed by atoms with Crippen molar-refractivity contribution in [1.82, 2.24) is 19.3 Å². The molecule has 0 radical (unpaired) electrons. The van der Waals surface area contributed by atoms with Gasteiger partial charge in [-0.2, -0.15) is 4.31 Å². The maximum Gasteiger partial charge on any atom is 0.236 e. The third-order valence-corrected chi connectivity index (χ3v) is 8.00. The number of rotatable bonds is 7. The van der Waals surface area contributed by atoms with Gasteiger partial charge >= 0.3 is 0 Å². The van der Waals surface area contributed by atoms with E-state index in [1.165, 1.54) is 22.5 Å². The van der Waals surface area contributed by atoms with Crippen LogP contribution in [0.5, 0.6) is 5.75 Å². The molecule has 3 N–H and O–H groups in total. The number of aliphatic hydroxyl groups excluding tert-OH is 2. The van der Waals surface area contributed by atoms with Gasteiger partial charge in [-0.25, -0.2) is 18.4 Å². The maximum atomic E-state index is 13.2. The highest BCUT2D eigenvalue weighted by molar-refractivity contribution is 7.92. The van der Waals surface area contributed by atoms with Gasteiger partial charge in [-0.3, -0.25) is 4.98 Å². The van der Waals surface area contributed by atoms with E-state index >= 15 is 0 Å². The molecule has 0 aliphatic carbocycles. The van der Waals surface area contributed by atoms with E-state index in [2.05, 4.69) is 15.0 Å². The number of aromatic hydroxyl groups is 1. The van der Waals surface area contributed by atoms with Crippen molar-refractivity contribution in [3.63, 3.8) is 0 Å². The Morgan fingerprint density at radius 3 is 2.14 bits per heavy atom. The Kier molecular flexibility index (Phi) is 8.10. The van der Waals surface area contributed by atoms with Crippen LogP contribution in [0.1, 0.15) is 19.4 Å². The van der Waals surface area contributed by atoms with Crippen LogP contribution in [0.3, 0.4) is 0 Å². The second kappa shape index (κ2) is 11.1. The number of piperazine rings is 1. The molecule has 2 aromatic heterocycles. The molecule has 4 unspecified atom stereocenters. The van der Waals surface area contributed by atoms with Crippen molar-refractivity contribution in [2.75, 3.05) is 18.0 Å². The molecule has 3 aromatic rings. The maximum absolute atomic E-state index is 13.2. The first-order valence-electron chi connectivity index (χ1n) is 11.6. The number of aromatic nitrogens is 3. The molecule has 0 spiro atoms. The van der Waals surface area contributed by atoms with E-state index in [9.17, 15) is 23.7 Å². The molecule has 4 rings (SSSR count). The van der Waals surface area contributed by atoms with E-state index in [1.807, 2.05) is 12.1 Å². The molecule has 37 heavy (non-hydrogen) atoms. The molecule has 10 nitrogen and oxygen atoms in total. The largest absolute Gasteiger partial charge is 0.507 e. The number of phenolic OH excluding ortho intramolecular Hbond substituents is 1. The quantitative estimate of drug-likeness (QED) is 0.408. The Balaban J connectivity index is 1.63. The topological polar surface area (TPSA) is 140 Å². The van der Waals surface area contributed by atoms with Crippen LogP contribution in [0.25, 0.3) is 17.2 Å². The Labute approximate surface area is 220 Å². The fourth-order valence-corrected chi connectivity index (χ4v) is 5.62. The van der Waals surface area contributed by atoms with Crippen molar-refractivity contribution in [3.05, 3.63) is 71.1 Å². The lowest BCUT2D eigenvalue weighted by Gasteiger charge is -2.48. The normalized spacial score (nSPS) is 20.7. The van der Waals surface area contributed by atoms with Crippen LogP contribution >= 0.6 is 11.6 Å². The van der Waals surface area contributed by atoms with Crippen LogP contribution in [-0.4, -0.2) is 80.4 Å². The number of hydrogen-bond acceptors (Lipinski definition) is 9. The minimum absolute atomic E-state index is 0.0599. The van der Waals surface area contributed by atoms with E-state index < -0.39 is 34.3 Å². The summed E-state index contributed by atoms with van der Waals surface area (Å²) < 4.78 is 27.7. The number of halogens is 1. The Hall–Kier alpha value is -3.09. The minimum Gasteiger partial charge on any atom is -0.507 e. The lowest BCUT2D eigenvalue weighted by molar-refractivity contribution is 0.0814. The standard InChI is InChI=1S/C25H28ClN5O5S/c1-16(32)22-14-30(37(35,36)10-7-19-3-4-21(26)11-24(19)34)15-23(17(2)33)31(22)25-28-12-20(13-29-25)18-5-8-27-9-6-18/h3-13,16-17,22-23,32-34H,14-15H2,1-2H3. The van der Waals surface area contributed by atoms with Crippen molar-refractivity contribution < 1.29 is 23.7 Å². The molecular weight excluding hydrogens is 518 g/mol. The van der Waals surface area contributed by atoms with E-state index in [1.54, 1.807) is 49.6 Å². The van der Waals surface area contributed by atoms with Crippen LogP contribution in [-0.2, 0) is 10.0 Å². The molecule has 1 fully saturated rings. The van der Waals surface area contributed by atoms with Gasteiger partial charge in [0, 0.05) is 59.4 Å². The van der Waals surface area contributed by atoms with E-state index in [4.69, 9.17) is 11.6 Å². The summed E-state index contributed by atoms with van der Waals surface area (Å²) in [5.41, 5.74) is 1.94. The molecule has 196 valence electrons. The molecular formula is C25H28ClN5O5S. The number of aliphatic hydroxyl groups is 2. The van der Waals surface area contributed by atoms with Gasteiger partial charge in [0.15, 0.2) is 0 Å². The lowest BCUT2D eigenvalue weighted by atomic mass is 10.0. The fraction of sp³-hybridized carbons (Fsp3) is 0.320. The summed E-state index contributed by atoms with van der Waals surface area (Å²) in [5, 5.41) is 32.6. The van der Waals surface area contributed by atoms with Crippen LogP contribution in [0.15, 0.2) is 60.5 Å². The predicted octanol–water partition coefficient (Wildman–Crippen LogP) is 2.52. The van der Waals surface area contributed by atoms with Crippen molar-refractivity contribution in [2.24, 2.45) is 0 Å². The average Bonchev–Trinajstić information content (AvgIpc) is 2.88. The monoisotopic (exact) mass is 545 g/mol. The average molecular weight is 546 g/mol.